The second-order valence-electron chi connectivity index (χ2n) is 6.09. The van der Waals surface area contributed by atoms with Crippen molar-refractivity contribution in [3.63, 3.8) is 0 Å². The summed E-state index contributed by atoms with van der Waals surface area (Å²) < 4.78 is 11.5. The van der Waals surface area contributed by atoms with Crippen molar-refractivity contribution < 1.29 is 14.6 Å². The first-order chi connectivity index (χ1) is 8.68. The van der Waals surface area contributed by atoms with Gasteiger partial charge in [-0.15, -0.1) is 0 Å². The Morgan fingerprint density at radius 2 is 2.06 bits per heavy atom. The molecule has 1 saturated heterocycles. The minimum Gasteiger partial charge on any atom is -0.390 e. The van der Waals surface area contributed by atoms with Crippen molar-refractivity contribution in [1.29, 1.82) is 0 Å². The summed E-state index contributed by atoms with van der Waals surface area (Å²) in [5, 5.41) is 10.8. The lowest BCUT2D eigenvalue weighted by Crippen LogP contribution is -2.52. The van der Waals surface area contributed by atoms with Gasteiger partial charge < -0.3 is 14.6 Å². The second kappa shape index (κ2) is 6.36. The van der Waals surface area contributed by atoms with Gasteiger partial charge in [-0.05, 0) is 44.4 Å². The van der Waals surface area contributed by atoms with E-state index in [1.165, 1.54) is 12.8 Å². The van der Waals surface area contributed by atoms with E-state index in [0.717, 1.165) is 38.9 Å². The summed E-state index contributed by atoms with van der Waals surface area (Å²) in [4.78, 5) is 0. The maximum atomic E-state index is 10.8. The van der Waals surface area contributed by atoms with Crippen LogP contribution in [0.4, 0.5) is 0 Å². The molecule has 1 aliphatic heterocycles. The van der Waals surface area contributed by atoms with Crippen molar-refractivity contribution in [2.75, 3.05) is 19.8 Å². The molecule has 0 aromatic carbocycles. The van der Waals surface area contributed by atoms with Gasteiger partial charge in [0.25, 0.3) is 0 Å². The molecule has 3 unspecified atom stereocenters. The minimum atomic E-state index is -0.316. The highest BCUT2D eigenvalue weighted by atomic mass is 16.5. The molecule has 0 aromatic heterocycles. The first kappa shape index (κ1) is 14.3. The third-order valence-corrected chi connectivity index (χ3v) is 4.67. The Morgan fingerprint density at radius 1 is 1.33 bits per heavy atom. The summed E-state index contributed by atoms with van der Waals surface area (Å²) in [6, 6.07) is 0. The summed E-state index contributed by atoms with van der Waals surface area (Å²) in [6.45, 7) is 6.60. The zero-order chi connectivity index (χ0) is 13.0. The van der Waals surface area contributed by atoms with Gasteiger partial charge in [0.2, 0.25) is 0 Å². The van der Waals surface area contributed by atoms with Gasteiger partial charge in [0, 0.05) is 19.8 Å². The number of rotatable bonds is 4. The van der Waals surface area contributed by atoms with Gasteiger partial charge in [-0.2, -0.15) is 0 Å². The molecule has 0 amide bonds. The van der Waals surface area contributed by atoms with Crippen molar-refractivity contribution in [2.45, 2.75) is 64.1 Å². The zero-order valence-corrected chi connectivity index (χ0v) is 11.9. The first-order valence-electron chi connectivity index (χ1n) is 7.57. The van der Waals surface area contributed by atoms with Gasteiger partial charge in [0.05, 0.1) is 11.7 Å². The largest absolute Gasteiger partial charge is 0.390 e. The summed E-state index contributed by atoms with van der Waals surface area (Å²) in [6.07, 6.45) is 6.12. The maximum Gasteiger partial charge on any atom is 0.0945 e. The highest BCUT2D eigenvalue weighted by molar-refractivity contribution is 4.96. The van der Waals surface area contributed by atoms with Crippen molar-refractivity contribution in [3.05, 3.63) is 0 Å². The van der Waals surface area contributed by atoms with Crippen LogP contribution in [0.15, 0.2) is 0 Å². The van der Waals surface area contributed by atoms with E-state index >= 15 is 0 Å². The maximum absolute atomic E-state index is 10.8. The van der Waals surface area contributed by atoms with E-state index in [4.69, 9.17) is 9.47 Å². The molecule has 3 heteroatoms. The molecule has 1 aliphatic carbocycles. The normalized spacial score (nSPS) is 36.5. The third kappa shape index (κ3) is 3.06. The Labute approximate surface area is 111 Å². The number of hydrogen-bond donors (Lipinski definition) is 1. The molecule has 1 heterocycles. The Balaban J connectivity index is 2.06. The predicted molar refractivity (Wildman–Crippen MR) is 71.5 cm³/mol. The van der Waals surface area contributed by atoms with E-state index in [1.807, 2.05) is 6.92 Å². The van der Waals surface area contributed by atoms with Crippen LogP contribution < -0.4 is 0 Å². The summed E-state index contributed by atoms with van der Waals surface area (Å²) in [5.41, 5.74) is -0.283. The second-order valence-corrected chi connectivity index (χ2v) is 6.09. The molecule has 1 saturated carbocycles. The van der Waals surface area contributed by atoms with Crippen LogP contribution in [0.3, 0.4) is 0 Å². The van der Waals surface area contributed by atoms with Crippen molar-refractivity contribution >= 4 is 0 Å². The van der Waals surface area contributed by atoms with Gasteiger partial charge in [-0.1, -0.05) is 19.8 Å². The molecule has 0 spiro atoms. The number of aliphatic hydroxyl groups excluding tert-OH is 1. The lowest BCUT2D eigenvalue weighted by molar-refractivity contribution is -0.172. The Bertz CT molecular complexity index is 246. The fourth-order valence-electron chi connectivity index (χ4n) is 3.78. The molecular weight excluding hydrogens is 228 g/mol. The fourth-order valence-corrected chi connectivity index (χ4v) is 3.78. The van der Waals surface area contributed by atoms with Crippen molar-refractivity contribution in [1.82, 2.24) is 0 Å². The molecule has 0 radical (unpaired) electrons. The molecule has 3 nitrogen and oxygen atoms in total. The summed E-state index contributed by atoms with van der Waals surface area (Å²) in [7, 11) is 0. The highest BCUT2D eigenvalue weighted by Crippen LogP contribution is 2.41. The molecule has 2 fully saturated rings. The lowest BCUT2D eigenvalue weighted by Gasteiger charge is -2.46. The highest BCUT2D eigenvalue weighted by Gasteiger charge is 2.45. The van der Waals surface area contributed by atoms with E-state index in [1.54, 1.807) is 0 Å². The average Bonchev–Trinajstić information content (AvgIpc) is 2.39. The van der Waals surface area contributed by atoms with Crippen LogP contribution in [0.2, 0.25) is 0 Å². The van der Waals surface area contributed by atoms with E-state index in [2.05, 4.69) is 6.92 Å². The SMILES string of the molecule is CCOC1(C(O)C2CCOCC2)CCCC(C)C1. The van der Waals surface area contributed by atoms with Gasteiger partial charge >= 0.3 is 0 Å². The number of ether oxygens (including phenoxy) is 2. The minimum absolute atomic E-state index is 0.283. The number of aliphatic hydroxyl groups is 1. The molecule has 18 heavy (non-hydrogen) atoms. The fraction of sp³-hybridized carbons (Fsp3) is 1.00. The van der Waals surface area contributed by atoms with Crippen molar-refractivity contribution in [2.24, 2.45) is 11.8 Å². The molecule has 2 aliphatic rings. The molecule has 0 bridgehead atoms. The smallest absolute Gasteiger partial charge is 0.0945 e. The number of hydrogen-bond acceptors (Lipinski definition) is 3. The van der Waals surface area contributed by atoms with Crippen LogP contribution in [0.1, 0.15) is 52.4 Å². The third-order valence-electron chi connectivity index (χ3n) is 4.67. The van der Waals surface area contributed by atoms with Crippen LogP contribution >= 0.6 is 0 Å². The zero-order valence-electron chi connectivity index (χ0n) is 11.9. The van der Waals surface area contributed by atoms with Crippen molar-refractivity contribution in [3.8, 4) is 0 Å². The van der Waals surface area contributed by atoms with Gasteiger partial charge in [-0.3, -0.25) is 0 Å². The molecule has 3 atom stereocenters. The van der Waals surface area contributed by atoms with Crippen LogP contribution in [-0.4, -0.2) is 36.6 Å². The standard InChI is InChI=1S/C15H28O3/c1-3-18-15(8-4-5-12(2)11-15)14(16)13-6-9-17-10-7-13/h12-14,16H,3-11H2,1-2H3. The topological polar surface area (TPSA) is 38.7 Å². The molecule has 0 aromatic rings. The van der Waals surface area contributed by atoms with E-state index in [9.17, 15) is 5.11 Å². The monoisotopic (exact) mass is 256 g/mol. The Morgan fingerprint density at radius 3 is 2.67 bits per heavy atom. The van der Waals surface area contributed by atoms with E-state index in [-0.39, 0.29) is 11.7 Å². The Kier molecular flexibility index (Phi) is 5.05. The molecule has 2 rings (SSSR count). The predicted octanol–water partition coefficient (Wildman–Crippen LogP) is 2.76. The summed E-state index contributed by atoms with van der Waals surface area (Å²) in [5.74, 6) is 1.02. The van der Waals surface area contributed by atoms with E-state index in [0.29, 0.717) is 18.4 Å². The lowest BCUT2D eigenvalue weighted by atomic mass is 9.71. The van der Waals surface area contributed by atoms with Gasteiger partial charge in [0.15, 0.2) is 0 Å². The average molecular weight is 256 g/mol. The van der Waals surface area contributed by atoms with Gasteiger partial charge in [0.1, 0.15) is 0 Å². The molecule has 106 valence electrons. The molecular formula is C15H28O3. The first-order valence-corrected chi connectivity index (χ1v) is 7.57. The van der Waals surface area contributed by atoms with Crippen LogP contribution in [0.25, 0.3) is 0 Å². The van der Waals surface area contributed by atoms with Gasteiger partial charge in [-0.25, -0.2) is 0 Å². The Hall–Kier alpha value is -0.120. The van der Waals surface area contributed by atoms with E-state index < -0.39 is 0 Å². The van der Waals surface area contributed by atoms with Crippen LogP contribution in [0, 0.1) is 11.8 Å². The quantitative estimate of drug-likeness (QED) is 0.840. The van der Waals surface area contributed by atoms with Crippen LogP contribution in [0.5, 0.6) is 0 Å². The van der Waals surface area contributed by atoms with Crippen LogP contribution in [-0.2, 0) is 9.47 Å². The summed E-state index contributed by atoms with van der Waals surface area (Å²) >= 11 is 0. The molecule has 1 N–H and O–H groups in total.